The first-order valence-corrected chi connectivity index (χ1v) is 13.4. The van der Waals surface area contributed by atoms with Gasteiger partial charge in [0, 0.05) is 25.7 Å². The van der Waals surface area contributed by atoms with E-state index in [2.05, 4.69) is 15.0 Å². The minimum absolute atomic E-state index is 0.163. The number of carbonyl (C=O) groups is 2. The van der Waals surface area contributed by atoms with Gasteiger partial charge < -0.3 is 10.2 Å². The number of hydrogen-bond donors (Lipinski definition) is 2. The Morgan fingerprint density at radius 2 is 1.64 bits per heavy atom. The van der Waals surface area contributed by atoms with Crippen LogP contribution >= 0.6 is 0 Å². The summed E-state index contributed by atoms with van der Waals surface area (Å²) < 4.78 is 26.7. The van der Waals surface area contributed by atoms with E-state index in [0.29, 0.717) is 19.5 Å². The second-order valence-electron chi connectivity index (χ2n) is 8.37. The molecule has 0 saturated carbocycles. The lowest BCUT2D eigenvalue weighted by atomic mass is 10.1. The van der Waals surface area contributed by atoms with E-state index in [1.165, 1.54) is 12.1 Å². The van der Waals surface area contributed by atoms with Crippen LogP contribution in [0, 0.1) is 0 Å². The maximum absolute atomic E-state index is 13.3. The van der Waals surface area contributed by atoms with Crippen LogP contribution in [0.2, 0.25) is 0 Å². The molecule has 190 valence electrons. The molecule has 0 fully saturated rings. The average molecular weight is 509 g/mol. The van der Waals surface area contributed by atoms with Crippen LogP contribution in [0.1, 0.15) is 37.1 Å². The largest absolute Gasteiger partial charge is 0.349 e. The van der Waals surface area contributed by atoms with Crippen LogP contribution in [0.15, 0.2) is 83.9 Å². The molecule has 0 radical (unpaired) electrons. The first-order chi connectivity index (χ1) is 17.3. The molecule has 0 spiro atoms. The minimum Gasteiger partial charge on any atom is -0.349 e. The van der Waals surface area contributed by atoms with Crippen LogP contribution in [0.4, 0.5) is 0 Å². The van der Waals surface area contributed by atoms with Crippen molar-refractivity contribution in [2.45, 2.75) is 50.7 Å². The van der Waals surface area contributed by atoms with Gasteiger partial charge in [-0.15, -0.1) is 0 Å². The van der Waals surface area contributed by atoms with E-state index < -0.39 is 16.1 Å². The number of carbonyl (C=O) groups excluding carboxylic acids is 2. The fraction of sp³-hybridized carbons (Fsp3) is 0.296. The molecule has 0 aliphatic rings. The third kappa shape index (κ3) is 7.73. The normalized spacial score (nSPS) is 12.1. The number of hydrogen-bond acceptors (Lipinski definition) is 5. The molecule has 8 nitrogen and oxygen atoms in total. The Labute approximate surface area is 212 Å². The molecular formula is C27H32N4O4S. The molecule has 3 rings (SSSR count). The molecule has 2 amide bonds. The Kier molecular flexibility index (Phi) is 9.72. The lowest BCUT2D eigenvalue weighted by molar-refractivity contribution is -0.140. The van der Waals surface area contributed by atoms with E-state index in [4.69, 9.17) is 0 Å². The third-order valence-corrected chi connectivity index (χ3v) is 7.29. The molecule has 9 heteroatoms. The van der Waals surface area contributed by atoms with Gasteiger partial charge >= 0.3 is 0 Å². The van der Waals surface area contributed by atoms with Gasteiger partial charge in [0.2, 0.25) is 21.8 Å². The molecule has 2 aromatic carbocycles. The maximum Gasteiger partial charge on any atom is 0.242 e. The number of benzene rings is 2. The van der Waals surface area contributed by atoms with Gasteiger partial charge in [0.1, 0.15) is 6.04 Å². The zero-order chi connectivity index (χ0) is 26.0. The number of amides is 2. The summed E-state index contributed by atoms with van der Waals surface area (Å²) in [4.78, 5) is 32.2. The van der Waals surface area contributed by atoms with Gasteiger partial charge in [-0.05, 0) is 48.7 Å². The summed E-state index contributed by atoms with van der Waals surface area (Å²) in [6.45, 7) is 4.33. The highest BCUT2D eigenvalue weighted by atomic mass is 32.2. The lowest BCUT2D eigenvalue weighted by Crippen LogP contribution is -2.47. The van der Waals surface area contributed by atoms with Crippen molar-refractivity contribution >= 4 is 21.8 Å². The average Bonchev–Trinajstić information content (AvgIpc) is 2.90. The van der Waals surface area contributed by atoms with Crippen LogP contribution in [0.25, 0.3) is 0 Å². The Hall–Kier alpha value is -3.56. The standard InChI is InChI=1S/C27H32N4O4S/c1-3-30-36(34,35)25-15-12-22(13-16-25)14-17-26(32)31(20-23-9-5-4-6-10-23)21(2)27(33)29-19-24-11-7-8-18-28-24/h4-13,15-16,18,21,30H,3,14,17,19-20H2,1-2H3,(H,29,33)/t21-/m1/s1. The second-order valence-corrected chi connectivity index (χ2v) is 10.1. The van der Waals surface area contributed by atoms with Crippen molar-refractivity contribution in [1.29, 1.82) is 0 Å². The number of aryl methyl sites for hydroxylation is 1. The lowest BCUT2D eigenvalue weighted by Gasteiger charge is -2.29. The summed E-state index contributed by atoms with van der Waals surface area (Å²) in [5, 5.41) is 2.87. The SMILES string of the molecule is CCNS(=O)(=O)c1ccc(CCC(=O)N(Cc2ccccc2)[C@H](C)C(=O)NCc2ccccn2)cc1. The summed E-state index contributed by atoms with van der Waals surface area (Å²) in [6, 6.07) is 20.8. The summed E-state index contributed by atoms with van der Waals surface area (Å²) >= 11 is 0. The summed E-state index contributed by atoms with van der Waals surface area (Å²) in [5.74, 6) is -0.424. The van der Waals surface area contributed by atoms with Crippen molar-refractivity contribution in [3.63, 3.8) is 0 Å². The predicted octanol–water partition coefficient (Wildman–Crippen LogP) is 3.05. The van der Waals surface area contributed by atoms with Crippen molar-refractivity contribution in [2.75, 3.05) is 6.54 Å². The highest BCUT2D eigenvalue weighted by molar-refractivity contribution is 7.89. The Morgan fingerprint density at radius 1 is 0.944 bits per heavy atom. The topological polar surface area (TPSA) is 108 Å². The fourth-order valence-corrected chi connectivity index (χ4v) is 4.74. The van der Waals surface area contributed by atoms with Gasteiger partial charge in [-0.25, -0.2) is 13.1 Å². The van der Waals surface area contributed by atoms with Gasteiger partial charge in [0.05, 0.1) is 17.1 Å². The number of nitrogens with one attached hydrogen (secondary N) is 2. The van der Waals surface area contributed by atoms with E-state index in [-0.39, 0.29) is 29.7 Å². The fourth-order valence-electron chi connectivity index (χ4n) is 3.69. The van der Waals surface area contributed by atoms with Crippen LogP contribution in [0.5, 0.6) is 0 Å². The molecule has 1 atom stereocenters. The number of rotatable bonds is 12. The molecule has 0 saturated heterocycles. The maximum atomic E-state index is 13.3. The Bertz CT molecular complexity index is 1230. The minimum atomic E-state index is -3.53. The number of nitrogens with zero attached hydrogens (tertiary/aromatic N) is 2. The van der Waals surface area contributed by atoms with Crippen molar-refractivity contribution < 1.29 is 18.0 Å². The molecule has 0 aliphatic carbocycles. The monoisotopic (exact) mass is 508 g/mol. The first kappa shape index (κ1) is 27.0. The quantitative estimate of drug-likeness (QED) is 0.391. The number of sulfonamides is 1. The second kappa shape index (κ2) is 12.9. The van der Waals surface area contributed by atoms with Crippen LogP contribution in [-0.2, 0) is 39.1 Å². The molecule has 1 aromatic heterocycles. The first-order valence-electron chi connectivity index (χ1n) is 11.9. The van der Waals surface area contributed by atoms with Gasteiger partial charge in [0.25, 0.3) is 0 Å². The van der Waals surface area contributed by atoms with Crippen LogP contribution in [0.3, 0.4) is 0 Å². The van der Waals surface area contributed by atoms with Crippen LogP contribution in [-0.4, -0.2) is 42.7 Å². The smallest absolute Gasteiger partial charge is 0.242 e. The predicted molar refractivity (Wildman–Crippen MR) is 138 cm³/mol. The molecule has 2 N–H and O–H groups in total. The molecule has 0 bridgehead atoms. The van der Waals surface area contributed by atoms with E-state index in [1.54, 1.807) is 37.1 Å². The van der Waals surface area contributed by atoms with Gasteiger partial charge in [0.15, 0.2) is 0 Å². The molecule has 36 heavy (non-hydrogen) atoms. The van der Waals surface area contributed by atoms with Gasteiger partial charge in [-0.1, -0.05) is 55.5 Å². The highest BCUT2D eigenvalue weighted by Crippen LogP contribution is 2.15. The third-order valence-electron chi connectivity index (χ3n) is 5.73. The summed E-state index contributed by atoms with van der Waals surface area (Å²) in [6.07, 6.45) is 2.27. The zero-order valence-corrected chi connectivity index (χ0v) is 21.4. The number of aromatic nitrogens is 1. The van der Waals surface area contributed by atoms with Gasteiger partial charge in [-0.2, -0.15) is 0 Å². The van der Waals surface area contributed by atoms with E-state index >= 15 is 0 Å². The molecule has 0 aliphatic heterocycles. The van der Waals surface area contributed by atoms with Crippen molar-refractivity contribution in [1.82, 2.24) is 19.9 Å². The van der Waals surface area contributed by atoms with E-state index in [1.807, 2.05) is 48.5 Å². The zero-order valence-electron chi connectivity index (χ0n) is 20.6. The summed E-state index contributed by atoms with van der Waals surface area (Å²) in [5.41, 5.74) is 2.50. The van der Waals surface area contributed by atoms with E-state index in [9.17, 15) is 18.0 Å². The summed E-state index contributed by atoms with van der Waals surface area (Å²) in [7, 11) is -3.53. The number of pyridine rings is 1. The van der Waals surface area contributed by atoms with Gasteiger partial charge in [-0.3, -0.25) is 14.6 Å². The van der Waals surface area contributed by atoms with E-state index in [0.717, 1.165) is 16.8 Å². The van der Waals surface area contributed by atoms with Crippen molar-refractivity contribution in [2.24, 2.45) is 0 Å². The molecular weight excluding hydrogens is 476 g/mol. The van der Waals surface area contributed by atoms with Crippen molar-refractivity contribution in [3.8, 4) is 0 Å². The Balaban J connectivity index is 1.67. The molecule has 0 unspecified atom stereocenters. The van der Waals surface area contributed by atoms with Crippen LogP contribution < -0.4 is 10.0 Å². The highest BCUT2D eigenvalue weighted by Gasteiger charge is 2.26. The molecule has 1 heterocycles. The van der Waals surface area contributed by atoms with Crippen molar-refractivity contribution in [3.05, 3.63) is 95.8 Å². The molecule has 3 aromatic rings. The Morgan fingerprint density at radius 3 is 2.28 bits per heavy atom.